The number of nitrogens with zero attached hydrogens (tertiary/aromatic N) is 5. The average Bonchev–Trinajstić information content (AvgIpc) is 3.56. The van der Waals surface area contributed by atoms with Crippen LogP contribution in [-0.2, 0) is 4.74 Å². The van der Waals surface area contributed by atoms with E-state index in [0.717, 1.165) is 35.0 Å². The van der Waals surface area contributed by atoms with E-state index in [1.54, 1.807) is 12.1 Å². The lowest BCUT2D eigenvalue weighted by molar-refractivity contribution is 0.00396. The molecule has 1 aliphatic carbocycles. The number of hydrogen-bond donors (Lipinski definition) is 0. The van der Waals surface area contributed by atoms with Crippen molar-refractivity contribution < 1.29 is 9.13 Å². The molecule has 0 N–H and O–H groups in total. The Morgan fingerprint density at radius 1 is 1.09 bits per heavy atom. The van der Waals surface area contributed by atoms with Gasteiger partial charge in [-0.2, -0.15) is 5.10 Å². The summed E-state index contributed by atoms with van der Waals surface area (Å²) in [6, 6.07) is 7.21. The largest absolute Gasteiger partial charge is 0.373 e. The predicted octanol–water partition coefficient (Wildman–Crippen LogP) is 6.27. The first-order valence-corrected chi connectivity index (χ1v) is 12.1. The number of rotatable bonds is 4. The topological polar surface area (TPSA) is 65.7 Å². The van der Waals surface area contributed by atoms with Gasteiger partial charge in [0.15, 0.2) is 5.65 Å². The molecule has 0 radical (unpaired) electrons. The zero-order chi connectivity index (χ0) is 23.4. The van der Waals surface area contributed by atoms with Crippen LogP contribution >= 0.6 is 11.6 Å². The van der Waals surface area contributed by atoms with Crippen LogP contribution in [0.3, 0.4) is 0 Å². The van der Waals surface area contributed by atoms with Gasteiger partial charge in [-0.1, -0.05) is 11.6 Å². The molecule has 4 aromatic rings. The lowest BCUT2D eigenvalue weighted by Crippen LogP contribution is -2.20. The maximum Gasteiger partial charge on any atom is 0.163 e. The second kappa shape index (κ2) is 8.40. The summed E-state index contributed by atoms with van der Waals surface area (Å²) in [5.74, 6) is 0.342. The first-order valence-electron chi connectivity index (χ1n) is 11.7. The number of aromatic nitrogens is 5. The molecule has 174 valence electrons. The van der Waals surface area contributed by atoms with E-state index < -0.39 is 5.82 Å². The Hall–Kier alpha value is -2.90. The molecule has 3 aromatic heterocycles. The number of pyridine rings is 1. The fourth-order valence-electron chi connectivity index (χ4n) is 4.65. The van der Waals surface area contributed by atoms with Crippen molar-refractivity contribution in [1.82, 2.24) is 24.7 Å². The highest BCUT2D eigenvalue weighted by molar-refractivity contribution is 6.30. The van der Waals surface area contributed by atoms with Gasteiger partial charge < -0.3 is 4.74 Å². The van der Waals surface area contributed by atoms with Crippen molar-refractivity contribution in [2.75, 3.05) is 6.61 Å². The van der Waals surface area contributed by atoms with Crippen molar-refractivity contribution in [1.29, 1.82) is 0 Å². The monoisotopic (exact) mass is 477 g/mol. The molecule has 0 unspecified atom stereocenters. The van der Waals surface area contributed by atoms with Gasteiger partial charge >= 0.3 is 0 Å². The summed E-state index contributed by atoms with van der Waals surface area (Å²) in [7, 11) is 0. The van der Waals surface area contributed by atoms with Crippen molar-refractivity contribution in [2.24, 2.45) is 0 Å². The maximum absolute atomic E-state index is 15.0. The molecule has 1 saturated carbocycles. The molecule has 1 aliphatic heterocycles. The van der Waals surface area contributed by atoms with Gasteiger partial charge in [0.05, 0.1) is 24.0 Å². The van der Waals surface area contributed by atoms with Crippen LogP contribution in [0.5, 0.6) is 0 Å². The SMILES string of the molecule is Cc1cc2c(-c3ccc(Cl)cc3F)nc([C@H]3CCO[C@@H](c4cnn(C5CC5)c4)C3)nc2nc1C. The van der Waals surface area contributed by atoms with Crippen molar-refractivity contribution >= 4 is 22.6 Å². The van der Waals surface area contributed by atoms with Gasteiger partial charge in [0.25, 0.3) is 0 Å². The lowest BCUT2D eigenvalue weighted by Gasteiger charge is -2.28. The van der Waals surface area contributed by atoms with Crippen LogP contribution in [0.2, 0.25) is 5.02 Å². The van der Waals surface area contributed by atoms with Gasteiger partial charge in [-0.3, -0.25) is 4.68 Å². The normalized spacial score (nSPS) is 20.7. The van der Waals surface area contributed by atoms with Crippen LogP contribution in [0.25, 0.3) is 22.3 Å². The molecule has 8 heteroatoms. The van der Waals surface area contributed by atoms with Gasteiger partial charge in [0.1, 0.15) is 11.6 Å². The van der Waals surface area contributed by atoms with Gasteiger partial charge in [-0.05, 0) is 69.4 Å². The van der Waals surface area contributed by atoms with E-state index >= 15 is 0 Å². The van der Waals surface area contributed by atoms with E-state index in [9.17, 15) is 4.39 Å². The Morgan fingerprint density at radius 2 is 1.94 bits per heavy atom. The smallest absolute Gasteiger partial charge is 0.163 e. The summed E-state index contributed by atoms with van der Waals surface area (Å²) in [5.41, 5.74) is 4.54. The van der Waals surface area contributed by atoms with Gasteiger partial charge in [0, 0.05) is 46.0 Å². The molecule has 0 bridgehead atoms. The minimum atomic E-state index is -0.408. The van der Waals surface area contributed by atoms with E-state index in [2.05, 4.69) is 11.3 Å². The number of fused-ring (bicyclic) bond motifs is 1. The summed E-state index contributed by atoms with van der Waals surface area (Å²) >= 11 is 6.02. The first-order chi connectivity index (χ1) is 16.5. The van der Waals surface area contributed by atoms with Crippen molar-refractivity contribution in [3.8, 4) is 11.3 Å². The molecule has 4 heterocycles. The minimum Gasteiger partial charge on any atom is -0.373 e. The summed E-state index contributed by atoms with van der Waals surface area (Å²) < 4.78 is 23.1. The molecule has 0 spiro atoms. The zero-order valence-corrected chi connectivity index (χ0v) is 19.9. The van der Waals surface area contributed by atoms with Gasteiger partial charge in [-0.15, -0.1) is 0 Å². The van der Waals surface area contributed by atoms with Gasteiger partial charge in [0.2, 0.25) is 0 Å². The molecule has 0 amide bonds. The second-order valence-electron chi connectivity index (χ2n) is 9.38. The van der Waals surface area contributed by atoms with Crippen LogP contribution in [0.4, 0.5) is 4.39 Å². The second-order valence-corrected chi connectivity index (χ2v) is 9.82. The Labute approximate surface area is 202 Å². The van der Waals surface area contributed by atoms with E-state index in [4.69, 9.17) is 31.3 Å². The van der Waals surface area contributed by atoms with E-state index in [1.807, 2.05) is 30.8 Å². The first kappa shape index (κ1) is 21.6. The average molecular weight is 478 g/mol. The zero-order valence-electron chi connectivity index (χ0n) is 19.1. The number of hydrogen-bond acceptors (Lipinski definition) is 5. The van der Waals surface area contributed by atoms with Gasteiger partial charge in [-0.25, -0.2) is 19.3 Å². The Kier molecular flexibility index (Phi) is 5.34. The number of halogens is 2. The van der Waals surface area contributed by atoms with Crippen LogP contribution in [-0.4, -0.2) is 31.3 Å². The molecular formula is C26H25ClFN5O. The molecule has 2 aliphatic rings. The summed E-state index contributed by atoms with van der Waals surface area (Å²) in [5, 5.41) is 5.61. The number of aryl methyl sites for hydroxylation is 2. The molecule has 1 saturated heterocycles. The Balaban J connectivity index is 1.41. The summed E-state index contributed by atoms with van der Waals surface area (Å²) in [4.78, 5) is 14.5. The Morgan fingerprint density at radius 3 is 2.74 bits per heavy atom. The minimum absolute atomic E-state index is 0.0611. The predicted molar refractivity (Wildman–Crippen MR) is 128 cm³/mol. The quantitative estimate of drug-likeness (QED) is 0.346. The highest BCUT2D eigenvalue weighted by Crippen LogP contribution is 2.40. The van der Waals surface area contributed by atoms with Crippen LogP contribution in [0.15, 0.2) is 36.7 Å². The fraction of sp³-hybridized carbons (Fsp3) is 0.385. The maximum atomic E-state index is 15.0. The lowest BCUT2D eigenvalue weighted by atomic mass is 9.92. The molecule has 34 heavy (non-hydrogen) atoms. The van der Waals surface area contributed by atoms with E-state index in [0.29, 0.717) is 40.4 Å². The summed E-state index contributed by atoms with van der Waals surface area (Å²) in [6.07, 6.45) is 7.88. The molecule has 1 aromatic carbocycles. The van der Waals surface area contributed by atoms with Crippen molar-refractivity contribution in [2.45, 2.75) is 57.6 Å². The van der Waals surface area contributed by atoms with E-state index in [-0.39, 0.29) is 12.0 Å². The molecule has 6 rings (SSSR count). The highest BCUT2D eigenvalue weighted by Gasteiger charge is 2.31. The fourth-order valence-corrected chi connectivity index (χ4v) is 4.81. The van der Waals surface area contributed by atoms with Crippen molar-refractivity contribution in [3.05, 3.63) is 70.1 Å². The van der Waals surface area contributed by atoms with Crippen LogP contribution in [0.1, 0.15) is 66.4 Å². The highest BCUT2D eigenvalue weighted by atomic mass is 35.5. The molecular weight excluding hydrogens is 453 g/mol. The van der Waals surface area contributed by atoms with E-state index in [1.165, 1.54) is 18.9 Å². The number of benzene rings is 1. The van der Waals surface area contributed by atoms with Crippen LogP contribution < -0.4 is 0 Å². The molecule has 2 atom stereocenters. The third-order valence-corrected chi connectivity index (χ3v) is 7.13. The third kappa shape index (κ3) is 3.97. The Bertz CT molecular complexity index is 1400. The van der Waals surface area contributed by atoms with Crippen molar-refractivity contribution in [3.63, 3.8) is 0 Å². The van der Waals surface area contributed by atoms with Crippen LogP contribution in [0, 0.1) is 19.7 Å². The molecule has 2 fully saturated rings. The standard InChI is InChI=1S/C26H25ClFN5O/c1-14-9-21-24(20-6-3-18(27)11-22(20)28)31-25(32-26(21)30-15(14)2)16-7-8-34-23(10-16)17-12-29-33(13-17)19-4-5-19/h3,6,9,11-13,16,19,23H,4-5,7-8,10H2,1-2H3/t16-,23+/m0/s1. The number of ether oxygens (including phenoxy) is 1. The summed E-state index contributed by atoms with van der Waals surface area (Å²) in [6.45, 7) is 4.56. The third-order valence-electron chi connectivity index (χ3n) is 6.90. The molecule has 6 nitrogen and oxygen atoms in total.